The van der Waals surface area contributed by atoms with E-state index in [0.29, 0.717) is 18.7 Å². The van der Waals surface area contributed by atoms with Gasteiger partial charge in [-0.2, -0.15) is 0 Å². The molecular weight excluding hydrogens is 424 g/mol. The Bertz CT molecular complexity index is 754. The molecule has 1 unspecified atom stereocenters. The molecule has 1 heterocycles. The topological polar surface area (TPSA) is 71.5 Å². The van der Waals surface area contributed by atoms with Gasteiger partial charge in [-0.05, 0) is 38.5 Å². The molecule has 2 rings (SSSR count). The molecule has 0 saturated carbocycles. The predicted octanol–water partition coefficient (Wildman–Crippen LogP) is 3.50. The Morgan fingerprint density at radius 2 is 1.94 bits per heavy atom. The molecule has 1 aliphatic rings. The quantitative estimate of drug-likeness (QED) is 0.526. The van der Waals surface area contributed by atoms with E-state index in [1.807, 2.05) is 4.90 Å². The third-order valence-corrected chi connectivity index (χ3v) is 4.61. The van der Waals surface area contributed by atoms with Gasteiger partial charge in [-0.15, -0.1) is 13.2 Å². The van der Waals surface area contributed by atoms with Crippen molar-refractivity contribution in [1.29, 1.82) is 0 Å². The zero-order valence-electron chi connectivity index (χ0n) is 17.9. The van der Waals surface area contributed by atoms with Crippen molar-refractivity contribution in [1.82, 2.24) is 9.80 Å². The van der Waals surface area contributed by atoms with Crippen LogP contribution in [0, 0.1) is 5.82 Å². The van der Waals surface area contributed by atoms with Gasteiger partial charge >= 0.3 is 12.5 Å². The highest BCUT2D eigenvalue weighted by molar-refractivity contribution is 5.68. The number of hydrogen-bond acceptors (Lipinski definition) is 6. The van der Waals surface area contributed by atoms with Gasteiger partial charge in [-0.1, -0.05) is 6.07 Å². The molecule has 0 spiro atoms. The van der Waals surface area contributed by atoms with Gasteiger partial charge in [0.2, 0.25) is 0 Å². The number of rotatable bonds is 6. The summed E-state index contributed by atoms with van der Waals surface area (Å²) in [7, 11) is 1.35. The maximum absolute atomic E-state index is 14.0. The van der Waals surface area contributed by atoms with Crippen molar-refractivity contribution in [3.05, 3.63) is 29.6 Å². The van der Waals surface area contributed by atoms with Crippen LogP contribution in [-0.2, 0) is 16.0 Å². The van der Waals surface area contributed by atoms with Gasteiger partial charge < -0.3 is 24.2 Å². The predicted molar refractivity (Wildman–Crippen MR) is 103 cm³/mol. The molecule has 0 bridgehead atoms. The highest BCUT2D eigenvalue weighted by Crippen LogP contribution is 2.27. The van der Waals surface area contributed by atoms with E-state index in [-0.39, 0.29) is 25.6 Å². The normalized spacial score (nSPS) is 19.3. The molecule has 7 nitrogen and oxygen atoms in total. The zero-order valence-corrected chi connectivity index (χ0v) is 17.9. The summed E-state index contributed by atoms with van der Waals surface area (Å²) in [6.45, 7) is 6.45. The van der Waals surface area contributed by atoms with Gasteiger partial charge in [0.1, 0.15) is 5.60 Å². The molecule has 1 fully saturated rings. The van der Waals surface area contributed by atoms with E-state index < -0.39 is 35.9 Å². The van der Waals surface area contributed by atoms with E-state index in [0.717, 1.165) is 12.1 Å². The fourth-order valence-corrected chi connectivity index (χ4v) is 3.23. The molecule has 176 valence electrons. The summed E-state index contributed by atoms with van der Waals surface area (Å²) in [4.78, 5) is 15.8. The second-order valence-corrected chi connectivity index (χ2v) is 8.29. The Hall–Kier alpha value is -2.11. The van der Waals surface area contributed by atoms with E-state index in [1.165, 1.54) is 18.1 Å². The molecule has 0 aromatic heterocycles. The standard InChI is InChI=1S/C20H28F4N2O5/c1-19(2,3)31-18(28)26-8-7-25(14(12-26)10-17(27)29-4)11-13-5-6-16(15(21)9-13)30-20(22,23)24/h5-6,9,14,17,27H,7-8,10-12H2,1-4H3/t14-,17?/m0/s1. The molecule has 1 aromatic rings. The lowest BCUT2D eigenvalue weighted by atomic mass is 10.1. The maximum atomic E-state index is 14.0. The third-order valence-electron chi connectivity index (χ3n) is 4.61. The molecule has 1 saturated heterocycles. The number of nitrogens with zero attached hydrogens (tertiary/aromatic N) is 2. The number of benzene rings is 1. The number of hydrogen-bond donors (Lipinski definition) is 1. The van der Waals surface area contributed by atoms with Crippen molar-refractivity contribution in [2.45, 2.75) is 58.0 Å². The van der Waals surface area contributed by atoms with Crippen LogP contribution in [-0.4, -0.2) is 72.0 Å². The molecule has 0 radical (unpaired) electrons. The fraction of sp³-hybridized carbons (Fsp3) is 0.650. The van der Waals surface area contributed by atoms with Crippen LogP contribution in [0.2, 0.25) is 0 Å². The Kier molecular flexibility index (Phi) is 8.12. The highest BCUT2D eigenvalue weighted by atomic mass is 19.4. The number of methoxy groups -OCH3 is 1. The average Bonchev–Trinajstić information content (AvgIpc) is 2.62. The first-order valence-electron chi connectivity index (χ1n) is 9.74. The summed E-state index contributed by atoms with van der Waals surface area (Å²) >= 11 is 0. The van der Waals surface area contributed by atoms with Crippen molar-refractivity contribution in [2.24, 2.45) is 0 Å². The van der Waals surface area contributed by atoms with E-state index in [1.54, 1.807) is 20.8 Å². The number of halogens is 4. The summed E-state index contributed by atoms with van der Waals surface area (Å²) in [5.41, 5.74) is -0.234. The van der Waals surface area contributed by atoms with E-state index in [2.05, 4.69) is 4.74 Å². The number of alkyl halides is 3. The highest BCUT2D eigenvalue weighted by Gasteiger charge is 2.34. The van der Waals surface area contributed by atoms with Crippen molar-refractivity contribution in [3.63, 3.8) is 0 Å². The van der Waals surface area contributed by atoms with Crippen LogP contribution in [0.3, 0.4) is 0 Å². The van der Waals surface area contributed by atoms with Crippen molar-refractivity contribution >= 4 is 6.09 Å². The largest absolute Gasteiger partial charge is 0.573 e. The zero-order chi connectivity index (χ0) is 23.4. The Balaban J connectivity index is 2.11. The van der Waals surface area contributed by atoms with Crippen molar-refractivity contribution < 1.29 is 41.7 Å². The van der Waals surface area contributed by atoms with Gasteiger partial charge in [0.15, 0.2) is 17.9 Å². The minimum atomic E-state index is -4.98. The number of carbonyl (C=O) groups is 1. The Labute approximate surface area is 178 Å². The summed E-state index contributed by atoms with van der Waals surface area (Å²) in [6, 6.07) is 2.90. The SMILES string of the molecule is COC(O)C[C@H]1CN(C(=O)OC(C)(C)C)CCN1Cc1ccc(OC(F)(F)F)c(F)c1. The fourth-order valence-electron chi connectivity index (χ4n) is 3.23. The van der Waals surface area contributed by atoms with Crippen LogP contribution >= 0.6 is 0 Å². The minimum Gasteiger partial charge on any atom is -0.444 e. The lowest BCUT2D eigenvalue weighted by molar-refractivity contribution is -0.275. The summed E-state index contributed by atoms with van der Waals surface area (Å²) in [6.07, 6.45) is -6.37. The van der Waals surface area contributed by atoms with E-state index in [9.17, 15) is 27.5 Å². The minimum absolute atomic E-state index is 0.174. The summed E-state index contributed by atoms with van der Waals surface area (Å²) in [5.74, 6) is -2.03. The lowest BCUT2D eigenvalue weighted by Crippen LogP contribution is -2.56. The third kappa shape index (κ3) is 8.15. The van der Waals surface area contributed by atoms with Crippen LogP contribution in [0.25, 0.3) is 0 Å². The molecule has 11 heteroatoms. The van der Waals surface area contributed by atoms with Gasteiger partial charge in [-0.25, -0.2) is 9.18 Å². The van der Waals surface area contributed by atoms with Gasteiger partial charge in [0.05, 0.1) is 0 Å². The number of piperazine rings is 1. The Morgan fingerprint density at radius 3 is 2.48 bits per heavy atom. The summed E-state index contributed by atoms with van der Waals surface area (Å²) in [5, 5.41) is 9.93. The average molecular weight is 452 g/mol. The molecule has 1 N–H and O–H groups in total. The molecule has 1 aliphatic heterocycles. The number of ether oxygens (including phenoxy) is 3. The van der Waals surface area contributed by atoms with Crippen LogP contribution in [0.5, 0.6) is 5.75 Å². The number of amides is 1. The maximum Gasteiger partial charge on any atom is 0.573 e. The lowest BCUT2D eigenvalue weighted by Gasteiger charge is -2.42. The first-order chi connectivity index (χ1) is 14.3. The second kappa shape index (κ2) is 10.0. The first kappa shape index (κ1) is 25.2. The van der Waals surface area contributed by atoms with Gasteiger partial charge in [0, 0.05) is 45.8 Å². The van der Waals surface area contributed by atoms with Crippen LogP contribution in [0.1, 0.15) is 32.8 Å². The number of aliphatic hydroxyl groups is 1. The number of aliphatic hydroxyl groups excluding tert-OH is 1. The molecule has 2 atom stereocenters. The van der Waals surface area contributed by atoms with Crippen molar-refractivity contribution in [2.75, 3.05) is 26.7 Å². The Morgan fingerprint density at radius 1 is 1.26 bits per heavy atom. The first-order valence-corrected chi connectivity index (χ1v) is 9.74. The van der Waals surface area contributed by atoms with E-state index in [4.69, 9.17) is 9.47 Å². The van der Waals surface area contributed by atoms with Crippen LogP contribution < -0.4 is 4.74 Å². The van der Waals surface area contributed by atoms with E-state index >= 15 is 0 Å². The second-order valence-electron chi connectivity index (χ2n) is 8.29. The molecule has 0 aliphatic carbocycles. The molecular formula is C20H28F4N2O5. The van der Waals surface area contributed by atoms with Gasteiger partial charge in [-0.3, -0.25) is 4.90 Å². The molecule has 1 aromatic carbocycles. The molecule has 1 amide bonds. The van der Waals surface area contributed by atoms with Crippen LogP contribution in [0.15, 0.2) is 18.2 Å². The monoisotopic (exact) mass is 452 g/mol. The van der Waals surface area contributed by atoms with Gasteiger partial charge in [0.25, 0.3) is 0 Å². The number of carbonyl (C=O) groups excluding carboxylic acids is 1. The van der Waals surface area contributed by atoms with Crippen molar-refractivity contribution in [3.8, 4) is 5.75 Å². The smallest absolute Gasteiger partial charge is 0.444 e. The molecule has 31 heavy (non-hydrogen) atoms. The summed E-state index contributed by atoms with van der Waals surface area (Å²) < 4.78 is 65.0. The van der Waals surface area contributed by atoms with Crippen LogP contribution in [0.4, 0.5) is 22.4 Å².